The summed E-state index contributed by atoms with van der Waals surface area (Å²) < 4.78 is 6.91. The second-order valence-corrected chi connectivity index (χ2v) is 8.36. The molecule has 0 spiro atoms. The van der Waals surface area contributed by atoms with Gasteiger partial charge in [0.05, 0.1) is 6.04 Å². The van der Waals surface area contributed by atoms with Crippen molar-refractivity contribution in [3.63, 3.8) is 0 Å². The molecule has 1 fully saturated rings. The summed E-state index contributed by atoms with van der Waals surface area (Å²) in [5, 5.41) is 9.74. The van der Waals surface area contributed by atoms with Crippen molar-refractivity contribution in [3.8, 4) is 5.75 Å². The van der Waals surface area contributed by atoms with Crippen molar-refractivity contribution in [2.24, 2.45) is 0 Å². The third-order valence-corrected chi connectivity index (χ3v) is 6.28. The molecule has 2 atom stereocenters. The molecule has 4 nitrogen and oxygen atoms in total. The first-order valence-electron chi connectivity index (χ1n) is 10.1. The summed E-state index contributed by atoms with van der Waals surface area (Å²) in [5.41, 5.74) is 3.25. The van der Waals surface area contributed by atoms with Gasteiger partial charge in [0, 0.05) is 11.0 Å². The lowest BCUT2D eigenvalue weighted by atomic mass is 9.96. The highest BCUT2D eigenvalue weighted by Crippen LogP contribution is 2.38. The van der Waals surface area contributed by atoms with Gasteiger partial charge in [-0.15, -0.1) is 0 Å². The number of aliphatic carboxylic acids is 1. The minimum Gasteiger partial charge on any atom is -0.489 e. The maximum absolute atomic E-state index is 11.9. The Bertz CT molecular complexity index is 991. The Morgan fingerprint density at radius 1 is 1.03 bits per heavy atom. The van der Waals surface area contributed by atoms with Crippen LogP contribution in [0.25, 0.3) is 0 Å². The van der Waals surface area contributed by atoms with Crippen LogP contribution in [0.15, 0.2) is 83.3 Å². The van der Waals surface area contributed by atoms with E-state index < -0.39 is 12.0 Å². The van der Waals surface area contributed by atoms with Crippen molar-refractivity contribution in [2.45, 2.75) is 31.5 Å². The molecule has 2 unspecified atom stereocenters. The van der Waals surface area contributed by atoms with Gasteiger partial charge in [0.25, 0.3) is 0 Å². The number of carbonyl (C=O) groups is 1. The number of likely N-dealkylation sites (tertiary alicyclic amines) is 1. The van der Waals surface area contributed by atoms with Gasteiger partial charge in [-0.25, -0.2) is 0 Å². The Morgan fingerprint density at radius 2 is 1.73 bits per heavy atom. The zero-order valence-electron chi connectivity index (χ0n) is 16.6. The van der Waals surface area contributed by atoms with E-state index in [0.717, 1.165) is 39.9 Å². The lowest BCUT2D eigenvalue weighted by Crippen LogP contribution is -2.39. The van der Waals surface area contributed by atoms with Crippen LogP contribution in [-0.4, -0.2) is 28.6 Å². The van der Waals surface area contributed by atoms with Crippen LogP contribution in [0.1, 0.15) is 35.6 Å². The topological polar surface area (TPSA) is 49.8 Å². The number of ether oxygens (including phenoxy) is 1. The molecule has 1 N–H and O–H groups in total. The fourth-order valence-corrected chi connectivity index (χ4v) is 4.60. The molecule has 0 amide bonds. The molecule has 0 aliphatic carbocycles. The van der Waals surface area contributed by atoms with E-state index in [1.54, 1.807) is 0 Å². The van der Waals surface area contributed by atoms with E-state index >= 15 is 0 Å². The summed E-state index contributed by atoms with van der Waals surface area (Å²) in [6.07, 6.45) is 1.56. The van der Waals surface area contributed by atoms with Crippen LogP contribution in [0, 0.1) is 0 Å². The van der Waals surface area contributed by atoms with E-state index in [1.165, 1.54) is 0 Å². The predicted molar refractivity (Wildman–Crippen MR) is 121 cm³/mol. The number of halogens is 1. The van der Waals surface area contributed by atoms with Gasteiger partial charge in [-0.1, -0.05) is 76.6 Å². The van der Waals surface area contributed by atoms with Crippen molar-refractivity contribution in [2.75, 3.05) is 6.54 Å². The third-order valence-electron chi connectivity index (χ3n) is 5.55. The quantitative estimate of drug-likeness (QED) is 0.488. The van der Waals surface area contributed by atoms with Crippen LogP contribution in [0.4, 0.5) is 0 Å². The van der Waals surface area contributed by atoms with Gasteiger partial charge < -0.3 is 9.84 Å². The Labute approximate surface area is 185 Å². The van der Waals surface area contributed by atoms with E-state index in [1.807, 2.05) is 72.8 Å². The standard InChI is InChI=1S/C25H24BrNO3/c26-22-10-5-4-9-21(22)24(27-16-6-11-23(27)25(28)29)19-12-14-20(15-13-19)30-17-18-7-2-1-3-8-18/h1-5,7-10,12-15,23-24H,6,11,16-17H2,(H,28,29). The smallest absolute Gasteiger partial charge is 0.320 e. The number of rotatable bonds is 7. The van der Waals surface area contributed by atoms with Crippen molar-refractivity contribution in [3.05, 3.63) is 100 Å². The second-order valence-electron chi connectivity index (χ2n) is 7.50. The van der Waals surface area contributed by atoms with Gasteiger partial charge in [-0.2, -0.15) is 0 Å². The van der Waals surface area contributed by atoms with Crippen LogP contribution in [0.2, 0.25) is 0 Å². The first-order chi connectivity index (χ1) is 14.6. The largest absolute Gasteiger partial charge is 0.489 e. The van der Waals surface area contributed by atoms with Crippen LogP contribution in [0.5, 0.6) is 5.75 Å². The summed E-state index contributed by atoms with van der Waals surface area (Å²) in [4.78, 5) is 14.0. The molecule has 3 aromatic rings. The number of carboxylic acids is 1. The monoisotopic (exact) mass is 465 g/mol. The Balaban J connectivity index is 1.61. The molecule has 0 bridgehead atoms. The van der Waals surface area contributed by atoms with E-state index in [4.69, 9.17) is 4.74 Å². The fraction of sp³-hybridized carbons (Fsp3) is 0.240. The molecule has 5 heteroatoms. The number of benzene rings is 3. The lowest BCUT2D eigenvalue weighted by molar-refractivity contribution is -0.142. The molecule has 0 radical (unpaired) electrons. The summed E-state index contributed by atoms with van der Waals surface area (Å²) in [5.74, 6) is 0.0389. The SMILES string of the molecule is O=C(O)C1CCCN1C(c1ccc(OCc2ccccc2)cc1)c1ccccc1Br. The van der Waals surface area contributed by atoms with Crippen LogP contribution in [0.3, 0.4) is 0 Å². The van der Waals surface area contributed by atoms with Crippen molar-refractivity contribution >= 4 is 21.9 Å². The van der Waals surface area contributed by atoms with Crippen molar-refractivity contribution in [1.29, 1.82) is 0 Å². The van der Waals surface area contributed by atoms with Crippen LogP contribution in [-0.2, 0) is 11.4 Å². The highest BCUT2D eigenvalue weighted by Gasteiger charge is 2.37. The van der Waals surface area contributed by atoms with Gasteiger partial charge in [0.1, 0.15) is 18.4 Å². The lowest BCUT2D eigenvalue weighted by Gasteiger charge is -2.32. The van der Waals surface area contributed by atoms with E-state index in [0.29, 0.717) is 13.0 Å². The molecule has 154 valence electrons. The third kappa shape index (κ3) is 4.58. The van der Waals surface area contributed by atoms with Crippen molar-refractivity contribution in [1.82, 2.24) is 4.90 Å². The molecule has 1 heterocycles. The predicted octanol–water partition coefficient (Wildman–Crippen LogP) is 5.67. The number of nitrogens with zero attached hydrogens (tertiary/aromatic N) is 1. The first-order valence-corrected chi connectivity index (χ1v) is 10.9. The average Bonchev–Trinajstić information content (AvgIpc) is 3.25. The zero-order chi connectivity index (χ0) is 20.9. The molecule has 1 aliphatic heterocycles. The number of carboxylic acid groups (broad SMARTS) is 1. The van der Waals surface area contributed by atoms with Gasteiger partial charge in [0.15, 0.2) is 0 Å². The molecule has 0 saturated carbocycles. The van der Waals surface area contributed by atoms with E-state index in [-0.39, 0.29) is 6.04 Å². The summed E-state index contributed by atoms with van der Waals surface area (Å²) in [6, 6.07) is 25.5. The molecular formula is C25H24BrNO3. The summed E-state index contributed by atoms with van der Waals surface area (Å²) in [6.45, 7) is 1.27. The van der Waals surface area contributed by atoms with Crippen molar-refractivity contribution < 1.29 is 14.6 Å². The summed E-state index contributed by atoms with van der Waals surface area (Å²) >= 11 is 3.66. The molecule has 4 rings (SSSR count). The van der Waals surface area contributed by atoms with E-state index in [2.05, 4.69) is 26.9 Å². The Hall–Kier alpha value is -2.63. The minimum atomic E-state index is -0.757. The molecule has 3 aromatic carbocycles. The second kappa shape index (κ2) is 9.45. The number of hydrogen-bond acceptors (Lipinski definition) is 3. The maximum atomic E-state index is 11.9. The van der Waals surface area contributed by atoms with E-state index in [9.17, 15) is 9.90 Å². The van der Waals surface area contributed by atoms with Gasteiger partial charge in [-0.05, 0) is 47.7 Å². The Morgan fingerprint density at radius 3 is 2.43 bits per heavy atom. The maximum Gasteiger partial charge on any atom is 0.320 e. The molecular weight excluding hydrogens is 442 g/mol. The molecule has 0 aromatic heterocycles. The Kier molecular flexibility index (Phi) is 6.50. The minimum absolute atomic E-state index is 0.132. The number of hydrogen-bond donors (Lipinski definition) is 1. The molecule has 30 heavy (non-hydrogen) atoms. The van der Waals surface area contributed by atoms with Gasteiger partial charge in [-0.3, -0.25) is 9.69 Å². The highest BCUT2D eigenvalue weighted by molar-refractivity contribution is 9.10. The highest BCUT2D eigenvalue weighted by atomic mass is 79.9. The molecule has 1 saturated heterocycles. The normalized spacial score (nSPS) is 17.6. The fourth-order valence-electron chi connectivity index (χ4n) is 4.10. The zero-order valence-corrected chi connectivity index (χ0v) is 18.2. The van der Waals surface area contributed by atoms with Crippen LogP contribution >= 0.6 is 15.9 Å². The summed E-state index contributed by atoms with van der Waals surface area (Å²) in [7, 11) is 0. The van der Waals surface area contributed by atoms with Gasteiger partial charge in [0.2, 0.25) is 0 Å². The molecule has 1 aliphatic rings. The van der Waals surface area contributed by atoms with Crippen LogP contribution < -0.4 is 4.74 Å². The van der Waals surface area contributed by atoms with Gasteiger partial charge >= 0.3 is 5.97 Å². The average molecular weight is 466 g/mol. The first kappa shape index (κ1) is 20.6.